The van der Waals surface area contributed by atoms with Crippen molar-refractivity contribution in [2.75, 3.05) is 13.2 Å². The molecule has 0 heterocycles. The minimum Gasteiger partial charge on any atom is -0.479 e. The van der Waals surface area contributed by atoms with Crippen molar-refractivity contribution in [3.8, 4) is 0 Å². The summed E-state index contributed by atoms with van der Waals surface area (Å²) in [7, 11) is 0. The molecule has 6 heteroatoms. The van der Waals surface area contributed by atoms with Crippen LogP contribution in [0.15, 0.2) is 16.4 Å². The third-order valence-electron chi connectivity index (χ3n) is 3.50. The first kappa shape index (κ1) is 17.9. The normalized spacial score (nSPS) is 25.7. The molecular formula is C15H28FN3O2. The predicted molar refractivity (Wildman–Crippen MR) is 82.7 cm³/mol. The van der Waals surface area contributed by atoms with E-state index in [4.69, 9.17) is 20.9 Å². The van der Waals surface area contributed by atoms with Crippen LogP contribution in [0.5, 0.6) is 0 Å². The summed E-state index contributed by atoms with van der Waals surface area (Å²) in [5.41, 5.74) is 12.5. The third kappa shape index (κ3) is 8.02. The monoisotopic (exact) mass is 301 g/mol. The molecule has 1 unspecified atom stereocenters. The fraction of sp³-hybridized carbons (Fsp3) is 0.800. The molecule has 1 aliphatic rings. The molecular weight excluding hydrogens is 273 g/mol. The Hall–Kier alpha value is -1.14. The van der Waals surface area contributed by atoms with Gasteiger partial charge in [0.05, 0.1) is 19.3 Å². The van der Waals surface area contributed by atoms with E-state index in [0.717, 1.165) is 31.3 Å². The summed E-state index contributed by atoms with van der Waals surface area (Å²) in [6.45, 7) is 3.95. The molecule has 122 valence electrons. The first-order valence-electron chi connectivity index (χ1n) is 7.62. The second-order valence-corrected chi connectivity index (χ2v) is 5.51. The van der Waals surface area contributed by atoms with Gasteiger partial charge in [0.1, 0.15) is 0 Å². The van der Waals surface area contributed by atoms with E-state index in [1.54, 1.807) is 6.21 Å². The Labute approximate surface area is 126 Å². The maximum atomic E-state index is 12.4. The summed E-state index contributed by atoms with van der Waals surface area (Å²) in [6.07, 6.45) is 5.26. The van der Waals surface area contributed by atoms with E-state index in [-0.39, 0.29) is 0 Å². The Bertz CT molecular complexity index is 351. The molecule has 1 rings (SSSR count). The number of rotatable bonds is 8. The Morgan fingerprint density at radius 2 is 2.00 bits per heavy atom. The van der Waals surface area contributed by atoms with Crippen LogP contribution in [0.2, 0.25) is 0 Å². The molecule has 0 radical (unpaired) electrons. The van der Waals surface area contributed by atoms with E-state index >= 15 is 0 Å². The molecule has 0 bridgehead atoms. The minimum atomic E-state index is -1.24. The van der Waals surface area contributed by atoms with Crippen LogP contribution in [0, 0.1) is 0 Å². The van der Waals surface area contributed by atoms with Gasteiger partial charge in [-0.1, -0.05) is 0 Å². The summed E-state index contributed by atoms with van der Waals surface area (Å²) in [4.78, 5) is 4.53. The molecule has 4 N–H and O–H groups in total. The lowest BCUT2D eigenvalue weighted by molar-refractivity contribution is -0.0300. The summed E-state index contributed by atoms with van der Waals surface area (Å²) in [5.74, 6) is 0.361. The number of nitrogens with zero attached hydrogens (tertiary/aromatic N) is 1. The maximum Gasteiger partial charge on any atom is 0.195 e. The Morgan fingerprint density at radius 3 is 2.62 bits per heavy atom. The van der Waals surface area contributed by atoms with E-state index in [1.165, 1.54) is 6.92 Å². The number of nitrogens with two attached hydrogens (primary N) is 2. The minimum absolute atomic E-state index is 0.320. The number of ether oxygens (including phenoxy) is 2. The molecule has 1 aliphatic carbocycles. The average Bonchev–Trinajstić information content (AvgIpc) is 2.45. The topological polar surface area (TPSA) is 82.9 Å². The number of allylic oxidation sites excluding steroid dienone is 1. The van der Waals surface area contributed by atoms with Crippen LogP contribution in [-0.2, 0) is 9.47 Å². The van der Waals surface area contributed by atoms with Crippen molar-refractivity contribution in [3.05, 3.63) is 11.5 Å². The number of alkyl halides is 1. The molecule has 0 aromatic carbocycles. The second-order valence-electron chi connectivity index (χ2n) is 5.51. The predicted octanol–water partition coefficient (Wildman–Crippen LogP) is 2.26. The highest BCUT2D eigenvalue weighted by Gasteiger charge is 2.16. The summed E-state index contributed by atoms with van der Waals surface area (Å²) >= 11 is 0. The number of halogens is 1. The Balaban J connectivity index is 2.25. The van der Waals surface area contributed by atoms with E-state index in [1.807, 2.05) is 6.92 Å². The smallest absolute Gasteiger partial charge is 0.195 e. The SMILES string of the molecule is CC(C=NC1CCC(N)CC1)=C(N)OCCCOC(C)F. The highest BCUT2D eigenvalue weighted by molar-refractivity contribution is 5.78. The first-order valence-corrected chi connectivity index (χ1v) is 7.62. The van der Waals surface area contributed by atoms with Crippen molar-refractivity contribution in [2.24, 2.45) is 16.5 Å². The van der Waals surface area contributed by atoms with Crippen LogP contribution in [0.1, 0.15) is 46.0 Å². The number of hydrogen-bond donors (Lipinski definition) is 2. The van der Waals surface area contributed by atoms with Gasteiger partial charge in [0.15, 0.2) is 12.2 Å². The fourth-order valence-corrected chi connectivity index (χ4v) is 2.13. The summed E-state index contributed by atoms with van der Waals surface area (Å²) in [5, 5.41) is 0. The molecule has 0 aliphatic heterocycles. The summed E-state index contributed by atoms with van der Waals surface area (Å²) < 4.78 is 22.6. The van der Waals surface area contributed by atoms with E-state index in [2.05, 4.69) is 4.99 Å². The van der Waals surface area contributed by atoms with E-state index in [0.29, 0.717) is 37.6 Å². The zero-order chi connectivity index (χ0) is 15.7. The zero-order valence-corrected chi connectivity index (χ0v) is 13.1. The van der Waals surface area contributed by atoms with Crippen LogP contribution < -0.4 is 11.5 Å². The lowest BCUT2D eigenvalue weighted by Gasteiger charge is -2.22. The molecule has 1 atom stereocenters. The van der Waals surface area contributed by atoms with Crippen molar-refractivity contribution >= 4 is 6.21 Å². The Morgan fingerprint density at radius 1 is 1.33 bits per heavy atom. The maximum absolute atomic E-state index is 12.4. The van der Waals surface area contributed by atoms with Gasteiger partial charge in [0.25, 0.3) is 0 Å². The second kappa shape index (κ2) is 9.73. The molecule has 0 spiro atoms. The molecule has 0 saturated heterocycles. The zero-order valence-electron chi connectivity index (χ0n) is 13.1. The number of aliphatic imine (C=N–C) groups is 1. The van der Waals surface area contributed by atoms with Crippen LogP contribution in [0.3, 0.4) is 0 Å². The van der Waals surface area contributed by atoms with Crippen molar-refractivity contribution in [3.63, 3.8) is 0 Å². The van der Waals surface area contributed by atoms with E-state index in [9.17, 15) is 4.39 Å². The largest absolute Gasteiger partial charge is 0.479 e. The summed E-state index contributed by atoms with van der Waals surface area (Å²) in [6, 6.07) is 0.669. The van der Waals surface area contributed by atoms with Gasteiger partial charge >= 0.3 is 0 Å². The highest BCUT2D eigenvalue weighted by atomic mass is 19.1. The Kier molecular flexibility index (Phi) is 8.30. The lowest BCUT2D eigenvalue weighted by atomic mass is 9.92. The van der Waals surface area contributed by atoms with E-state index < -0.39 is 6.36 Å². The first-order chi connectivity index (χ1) is 9.99. The fourth-order valence-electron chi connectivity index (χ4n) is 2.13. The molecule has 21 heavy (non-hydrogen) atoms. The van der Waals surface area contributed by atoms with Crippen LogP contribution in [0.4, 0.5) is 4.39 Å². The van der Waals surface area contributed by atoms with Crippen molar-refractivity contribution in [1.82, 2.24) is 0 Å². The van der Waals surface area contributed by atoms with Gasteiger partial charge in [0, 0.05) is 24.3 Å². The number of hydrogen-bond acceptors (Lipinski definition) is 5. The molecule has 0 aromatic heterocycles. The third-order valence-corrected chi connectivity index (χ3v) is 3.50. The van der Waals surface area contributed by atoms with Crippen LogP contribution in [-0.4, -0.2) is 37.9 Å². The van der Waals surface area contributed by atoms with Gasteiger partial charge in [-0.15, -0.1) is 0 Å². The van der Waals surface area contributed by atoms with Gasteiger partial charge in [-0.2, -0.15) is 0 Å². The van der Waals surface area contributed by atoms with Gasteiger partial charge < -0.3 is 20.9 Å². The van der Waals surface area contributed by atoms with Crippen LogP contribution >= 0.6 is 0 Å². The average molecular weight is 301 g/mol. The van der Waals surface area contributed by atoms with Crippen molar-refractivity contribution in [1.29, 1.82) is 0 Å². The van der Waals surface area contributed by atoms with Crippen molar-refractivity contribution < 1.29 is 13.9 Å². The molecule has 1 saturated carbocycles. The highest BCUT2D eigenvalue weighted by Crippen LogP contribution is 2.19. The standard InChI is InChI=1S/C15H28FN3O2/c1-11(10-19-14-6-4-13(17)5-7-14)15(18)21-9-3-8-20-12(2)16/h10,12-14H,3-9,17-18H2,1-2H3. The van der Waals surface area contributed by atoms with Gasteiger partial charge in [-0.05, 0) is 39.5 Å². The van der Waals surface area contributed by atoms with Gasteiger partial charge in [-0.3, -0.25) is 4.99 Å². The van der Waals surface area contributed by atoms with Crippen LogP contribution in [0.25, 0.3) is 0 Å². The van der Waals surface area contributed by atoms with Crippen molar-refractivity contribution in [2.45, 2.75) is 64.4 Å². The molecule has 1 fully saturated rings. The molecule has 5 nitrogen and oxygen atoms in total. The molecule has 0 aromatic rings. The quantitative estimate of drug-likeness (QED) is 0.409. The van der Waals surface area contributed by atoms with Gasteiger partial charge in [-0.25, -0.2) is 4.39 Å². The lowest BCUT2D eigenvalue weighted by Crippen LogP contribution is -2.28. The van der Waals surface area contributed by atoms with Gasteiger partial charge in [0.2, 0.25) is 0 Å². The molecule has 0 amide bonds.